The number of fused-ring (bicyclic) bond motifs is 1. The number of halogens is 1. The second-order valence-corrected chi connectivity index (χ2v) is 6.57. The summed E-state index contributed by atoms with van der Waals surface area (Å²) in [5.74, 6) is 0.359. The highest BCUT2D eigenvalue weighted by atomic mass is 32.2. The first-order valence-corrected chi connectivity index (χ1v) is 8.70. The minimum atomic E-state index is -0.240. The molecule has 0 radical (unpaired) electrons. The Morgan fingerprint density at radius 2 is 1.92 bits per heavy atom. The van der Waals surface area contributed by atoms with Gasteiger partial charge in [-0.15, -0.1) is 5.10 Å². The normalized spacial score (nSPS) is 11.1. The van der Waals surface area contributed by atoms with Crippen LogP contribution in [0.1, 0.15) is 11.1 Å². The van der Waals surface area contributed by atoms with Crippen LogP contribution in [0.2, 0.25) is 0 Å². The lowest BCUT2D eigenvalue weighted by atomic mass is 10.2. The lowest BCUT2D eigenvalue weighted by Gasteiger charge is -2.03. The highest BCUT2D eigenvalue weighted by molar-refractivity contribution is 7.98. The van der Waals surface area contributed by atoms with Crippen LogP contribution in [0.25, 0.3) is 16.9 Å². The summed E-state index contributed by atoms with van der Waals surface area (Å²) >= 11 is 1.49. The average molecular weight is 351 g/mol. The zero-order valence-electron chi connectivity index (χ0n) is 13.4. The minimum Gasteiger partial charge on any atom is -0.227 e. The quantitative estimate of drug-likeness (QED) is 0.412. The van der Waals surface area contributed by atoms with Gasteiger partial charge >= 0.3 is 0 Å². The highest BCUT2D eigenvalue weighted by Gasteiger charge is 2.13. The first kappa shape index (κ1) is 15.7. The van der Waals surface area contributed by atoms with Crippen LogP contribution < -0.4 is 0 Å². The Kier molecular flexibility index (Phi) is 4.15. The summed E-state index contributed by atoms with van der Waals surface area (Å²) in [6, 6.07) is 14.5. The molecule has 2 heterocycles. The maximum absolute atomic E-state index is 13.3. The molecule has 25 heavy (non-hydrogen) atoms. The Bertz CT molecular complexity index is 1030. The number of hydrogen-bond acceptors (Lipinski definition) is 5. The minimum absolute atomic E-state index is 0.240. The first-order valence-electron chi connectivity index (χ1n) is 7.71. The predicted molar refractivity (Wildman–Crippen MR) is 95.2 cm³/mol. The fourth-order valence-electron chi connectivity index (χ4n) is 2.47. The summed E-state index contributed by atoms with van der Waals surface area (Å²) < 4.78 is 15.0. The molecule has 2 aromatic heterocycles. The van der Waals surface area contributed by atoms with Crippen LogP contribution >= 0.6 is 11.8 Å². The van der Waals surface area contributed by atoms with Gasteiger partial charge in [-0.05, 0) is 36.8 Å². The van der Waals surface area contributed by atoms with Gasteiger partial charge in [0.2, 0.25) is 0 Å². The molecule has 0 spiro atoms. The fraction of sp³-hybridized carbons (Fsp3) is 0.111. The number of rotatable bonds is 4. The molecule has 4 aromatic rings. The molecule has 0 fully saturated rings. The molecule has 0 atom stereocenters. The van der Waals surface area contributed by atoms with Crippen molar-refractivity contribution < 1.29 is 4.39 Å². The van der Waals surface area contributed by atoms with Gasteiger partial charge in [-0.1, -0.05) is 46.8 Å². The smallest absolute Gasteiger partial charge is 0.187 e. The molecule has 7 heteroatoms. The van der Waals surface area contributed by atoms with E-state index < -0.39 is 0 Å². The van der Waals surface area contributed by atoms with Gasteiger partial charge in [-0.25, -0.2) is 14.4 Å². The van der Waals surface area contributed by atoms with Crippen LogP contribution in [0.4, 0.5) is 4.39 Å². The fourth-order valence-corrected chi connectivity index (χ4v) is 3.35. The maximum Gasteiger partial charge on any atom is 0.187 e. The predicted octanol–water partition coefficient (Wildman–Crippen LogP) is 3.95. The van der Waals surface area contributed by atoms with Gasteiger partial charge < -0.3 is 0 Å². The molecule has 0 bridgehead atoms. The third-order valence-corrected chi connectivity index (χ3v) is 4.80. The monoisotopic (exact) mass is 351 g/mol. The number of hydrogen-bond donors (Lipinski definition) is 0. The average Bonchev–Trinajstić information content (AvgIpc) is 3.05. The zero-order valence-corrected chi connectivity index (χ0v) is 14.2. The first-order chi connectivity index (χ1) is 12.2. The van der Waals surface area contributed by atoms with E-state index >= 15 is 0 Å². The second kappa shape index (κ2) is 6.60. The number of aryl methyl sites for hydroxylation is 1. The van der Waals surface area contributed by atoms with Gasteiger partial charge in [-0.3, -0.25) is 0 Å². The summed E-state index contributed by atoms with van der Waals surface area (Å²) in [6.07, 6.45) is 1.50. The lowest BCUT2D eigenvalue weighted by Crippen LogP contribution is -1.98. The Labute approximate surface area is 147 Å². The van der Waals surface area contributed by atoms with Crippen molar-refractivity contribution in [1.82, 2.24) is 25.0 Å². The van der Waals surface area contributed by atoms with Gasteiger partial charge in [0.25, 0.3) is 0 Å². The van der Waals surface area contributed by atoms with E-state index in [1.165, 1.54) is 35.8 Å². The van der Waals surface area contributed by atoms with Gasteiger partial charge in [0.05, 0.1) is 5.69 Å². The third kappa shape index (κ3) is 3.23. The molecular weight excluding hydrogens is 337 g/mol. The number of thioether (sulfide) groups is 1. The van der Waals surface area contributed by atoms with Gasteiger partial charge in [-0.2, -0.15) is 4.68 Å². The summed E-state index contributed by atoms with van der Waals surface area (Å²) in [4.78, 5) is 8.63. The van der Waals surface area contributed by atoms with E-state index in [1.54, 1.807) is 10.7 Å². The molecule has 4 rings (SSSR count). The van der Waals surface area contributed by atoms with Gasteiger partial charge in [0.1, 0.15) is 17.2 Å². The summed E-state index contributed by atoms with van der Waals surface area (Å²) in [5, 5.41) is 9.19. The number of nitrogens with zero attached hydrogens (tertiary/aromatic N) is 5. The SMILES string of the molecule is Cc1ccc(-n2nnc3c(SCc4cccc(F)c4)ncnc32)cc1. The van der Waals surface area contributed by atoms with E-state index in [1.807, 2.05) is 37.3 Å². The molecule has 0 aliphatic rings. The Balaban J connectivity index is 1.66. The van der Waals surface area contributed by atoms with Crippen molar-refractivity contribution >= 4 is 22.9 Å². The largest absolute Gasteiger partial charge is 0.227 e. The Morgan fingerprint density at radius 3 is 2.72 bits per heavy atom. The highest BCUT2D eigenvalue weighted by Crippen LogP contribution is 2.27. The lowest BCUT2D eigenvalue weighted by molar-refractivity contribution is 0.626. The van der Waals surface area contributed by atoms with Crippen molar-refractivity contribution in [1.29, 1.82) is 0 Å². The molecule has 0 aliphatic carbocycles. The van der Waals surface area contributed by atoms with E-state index in [0.717, 1.165) is 16.3 Å². The van der Waals surface area contributed by atoms with Crippen LogP contribution in [-0.4, -0.2) is 25.0 Å². The molecule has 2 aromatic carbocycles. The third-order valence-electron chi connectivity index (χ3n) is 3.75. The summed E-state index contributed by atoms with van der Waals surface area (Å²) in [6.45, 7) is 2.03. The second-order valence-electron chi connectivity index (χ2n) is 5.61. The van der Waals surface area contributed by atoms with Crippen LogP contribution in [0.3, 0.4) is 0 Å². The molecule has 0 saturated heterocycles. The standard InChI is InChI=1S/C18H14FN5S/c1-12-5-7-15(8-6-12)24-17-16(22-23-24)18(21-11-20-17)25-10-13-3-2-4-14(19)9-13/h2-9,11H,10H2,1H3. The molecule has 0 N–H and O–H groups in total. The van der Waals surface area contributed by atoms with Gasteiger partial charge in [0.15, 0.2) is 11.2 Å². The Hall–Kier alpha value is -2.80. The van der Waals surface area contributed by atoms with Crippen molar-refractivity contribution in [3.63, 3.8) is 0 Å². The maximum atomic E-state index is 13.3. The zero-order chi connectivity index (χ0) is 17.2. The van der Waals surface area contributed by atoms with Crippen LogP contribution in [0.15, 0.2) is 59.9 Å². The van der Waals surface area contributed by atoms with E-state index in [0.29, 0.717) is 16.9 Å². The molecule has 124 valence electrons. The van der Waals surface area contributed by atoms with Crippen LogP contribution in [0.5, 0.6) is 0 Å². The molecule has 0 amide bonds. The van der Waals surface area contributed by atoms with Crippen LogP contribution in [-0.2, 0) is 5.75 Å². The van der Waals surface area contributed by atoms with E-state index in [4.69, 9.17) is 0 Å². The van der Waals surface area contributed by atoms with Crippen molar-refractivity contribution in [3.05, 3.63) is 71.8 Å². The summed E-state index contributed by atoms with van der Waals surface area (Å²) in [5.41, 5.74) is 4.26. The molecule has 5 nitrogen and oxygen atoms in total. The molecule has 0 saturated carbocycles. The van der Waals surface area contributed by atoms with E-state index in [-0.39, 0.29) is 5.82 Å². The van der Waals surface area contributed by atoms with E-state index in [2.05, 4.69) is 20.3 Å². The Morgan fingerprint density at radius 1 is 1.08 bits per heavy atom. The van der Waals surface area contributed by atoms with E-state index in [9.17, 15) is 4.39 Å². The van der Waals surface area contributed by atoms with Crippen LogP contribution in [0, 0.1) is 12.7 Å². The molecular formula is C18H14FN5S. The summed E-state index contributed by atoms with van der Waals surface area (Å²) in [7, 11) is 0. The van der Waals surface area contributed by atoms with Gasteiger partial charge in [0, 0.05) is 5.75 Å². The topological polar surface area (TPSA) is 56.5 Å². The molecule has 0 unspecified atom stereocenters. The number of benzene rings is 2. The van der Waals surface area contributed by atoms with Crippen molar-refractivity contribution in [2.75, 3.05) is 0 Å². The van der Waals surface area contributed by atoms with Crippen molar-refractivity contribution in [2.45, 2.75) is 17.7 Å². The molecule has 0 aliphatic heterocycles. The van der Waals surface area contributed by atoms with Crippen molar-refractivity contribution in [3.8, 4) is 5.69 Å². The number of aromatic nitrogens is 5. The van der Waals surface area contributed by atoms with Crippen molar-refractivity contribution in [2.24, 2.45) is 0 Å².